The van der Waals surface area contributed by atoms with E-state index in [2.05, 4.69) is 16.0 Å². The summed E-state index contributed by atoms with van der Waals surface area (Å²) in [5, 5.41) is 26.0. The summed E-state index contributed by atoms with van der Waals surface area (Å²) in [6.07, 6.45) is 1.12. The van der Waals surface area contributed by atoms with E-state index >= 15 is 0 Å². The minimum absolute atomic E-state index is 0.0353. The van der Waals surface area contributed by atoms with Crippen molar-refractivity contribution < 1.29 is 24.6 Å². The Balaban J connectivity index is 1.89. The smallest absolute Gasteiger partial charge is 0.339 e. The van der Waals surface area contributed by atoms with E-state index in [0.29, 0.717) is 19.4 Å². The number of carboxylic acids is 1. The molecule has 5 N–H and O–H groups in total. The molecule has 3 amide bonds. The quantitative estimate of drug-likeness (QED) is 0.516. The standard InChI is InChI=1S/C13H15N3O5/c17-10-3-1-7(5-9(10)12(19)20)16-13(21)14-6-8-2-4-11(18)15-8/h1,3,5,8,17H,2,4,6H2,(H,15,18)(H,19,20)(H2,14,16,21). The van der Waals surface area contributed by atoms with Crippen LogP contribution in [-0.4, -0.2) is 40.7 Å². The SMILES string of the molecule is O=C1CCC(CNC(=O)Nc2ccc(O)c(C(=O)O)c2)N1. The molecule has 0 radical (unpaired) electrons. The van der Waals surface area contributed by atoms with E-state index in [9.17, 15) is 19.5 Å². The molecule has 1 atom stereocenters. The summed E-state index contributed by atoms with van der Waals surface area (Å²) in [6, 6.07) is 3.14. The summed E-state index contributed by atoms with van der Waals surface area (Å²) in [6.45, 7) is 0.293. The third-order valence-corrected chi connectivity index (χ3v) is 3.08. The largest absolute Gasteiger partial charge is 0.507 e. The number of hydrogen-bond acceptors (Lipinski definition) is 4. The number of aromatic carboxylic acids is 1. The van der Waals surface area contributed by atoms with Crippen LogP contribution in [0, 0.1) is 0 Å². The Bertz CT molecular complexity index is 587. The van der Waals surface area contributed by atoms with Gasteiger partial charge in [0.15, 0.2) is 0 Å². The number of anilines is 1. The van der Waals surface area contributed by atoms with Gasteiger partial charge in [-0.05, 0) is 24.6 Å². The zero-order chi connectivity index (χ0) is 15.4. The molecular formula is C13H15N3O5. The normalized spacial score (nSPS) is 17.1. The van der Waals surface area contributed by atoms with Crippen molar-refractivity contribution >= 4 is 23.6 Å². The average Bonchev–Trinajstić information content (AvgIpc) is 2.84. The molecule has 1 aromatic rings. The number of benzene rings is 1. The molecule has 0 saturated carbocycles. The maximum absolute atomic E-state index is 11.7. The van der Waals surface area contributed by atoms with Crippen molar-refractivity contribution in [1.29, 1.82) is 0 Å². The number of urea groups is 1. The van der Waals surface area contributed by atoms with Crippen LogP contribution in [0.2, 0.25) is 0 Å². The van der Waals surface area contributed by atoms with Gasteiger partial charge in [-0.3, -0.25) is 4.79 Å². The van der Waals surface area contributed by atoms with Crippen LogP contribution < -0.4 is 16.0 Å². The summed E-state index contributed by atoms with van der Waals surface area (Å²) in [5.74, 6) is -1.70. The molecule has 1 unspecified atom stereocenters. The number of aromatic hydroxyl groups is 1. The summed E-state index contributed by atoms with van der Waals surface area (Å²) >= 11 is 0. The fourth-order valence-electron chi connectivity index (χ4n) is 2.01. The third-order valence-electron chi connectivity index (χ3n) is 3.08. The molecule has 8 heteroatoms. The number of amides is 3. The molecule has 0 bridgehead atoms. The van der Waals surface area contributed by atoms with Crippen LogP contribution in [-0.2, 0) is 4.79 Å². The average molecular weight is 293 g/mol. The van der Waals surface area contributed by atoms with E-state index in [1.54, 1.807) is 0 Å². The van der Waals surface area contributed by atoms with E-state index in [0.717, 1.165) is 6.07 Å². The van der Waals surface area contributed by atoms with Crippen molar-refractivity contribution in [3.05, 3.63) is 23.8 Å². The lowest BCUT2D eigenvalue weighted by atomic mass is 10.2. The lowest BCUT2D eigenvalue weighted by Crippen LogP contribution is -2.40. The van der Waals surface area contributed by atoms with Crippen molar-refractivity contribution in [1.82, 2.24) is 10.6 Å². The van der Waals surface area contributed by atoms with Gasteiger partial charge < -0.3 is 26.2 Å². The molecule has 21 heavy (non-hydrogen) atoms. The highest BCUT2D eigenvalue weighted by Crippen LogP contribution is 2.21. The van der Waals surface area contributed by atoms with Gasteiger partial charge in [-0.15, -0.1) is 0 Å². The molecule has 0 aliphatic carbocycles. The Morgan fingerprint density at radius 2 is 2.14 bits per heavy atom. The van der Waals surface area contributed by atoms with Gasteiger partial charge >= 0.3 is 12.0 Å². The van der Waals surface area contributed by atoms with Gasteiger partial charge in [-0.2, -0.15) is 0 Å². The first kappa shape index (κ1) is 14.6. The van der Waals surface area contributed by atoms with Gasteiger partial charge in [0.05, 0.1) is 0 Å². The second kappa shape index (κ2) is 6.12. The van der Waals surface area contributed by atoms with Crippen LogP contribution >= 0.6 is 0 Å². The molecule has 8 nitrogen and oxygen atoms in total. The van der Waals surface area contributed by atoms with E-state index in [1.807, 2.05) is 0 Å². The number of carbonyl (C=O) groups is 3. The van der Waals surface area contributed by atoms with Crippen molar-refractivity contribution in [3.8, 4) is 5.75 Å². The number of hydrogen-bond donors (Lipinski definition) is 5. The fourth-order valence-corrected chi connectivity index (χ4v) is 2.01. The summed E-state index contributed by atoms with van der Waals surface area (Å²) < 4.78 is 0. The number of carboxylic acid groups (broad SMARTS) is 1. The van der Waals surface area contributed by atoms with Crippen LogP contribution in [0.4, 0.5) is 10.5 Å². The molecule has 1 heterocycles. The molecular weight excluding hydrogens is 278 g/mol. The van der Waals surface area contributed by atoms with Crippen molar-refractivity contribution in [2.75, 3.05) is 11.9 Å². The molecule has 1 saturated heterocycles. The Labute approximate surface area is 120 Å². The van der Waals surface area contributed by atoms with Gasteiger partial charge in [0.1, 0.15) is 11.3 Å². The number of phenols is 1. The van der Waals surface area contributed by atoms with Crippen molar-refractivity contribution in [2.24, 2.45) is 0 Å². The maximum atomic E-state index is 11.7. The van der Waals surface area contributed by atoms with Crippen molar-refractivity contribution in [2.45, 2.75) is 18.9 Å². The lowest BCUT2D eigenvalue weighted by molar-refractivity contribution is -0.119. The highest BCUT2D eigenvalue weighted by Gasteiger charge is 2.21. The summed E-state index contributed by atoms with van der Waals surface area (Å²) in [4.78, 5) is 33.5. The van der Waals surface area contributed by atoms with E-state index in [1.165, 1.54) is 12.1 Å². The minimum Gasteiger partial charge on any atom is -0.507 e. The predicted molar refractivity (Wildman–Crippen MR) is 73.3 cm³/mol. The first-order chi connectivity index (χ1) is 9.95. The summed E-state index contributed by atoms with van der Waals surface area (Å²) in [5.41, 5.74) is -0.0472. The number of rotatable bonds is 4. The van der Waals surface area contributed by atoms with E-state index in [4.69, 9.17) is 5.11 Å². The first-order valence-corrected chi connectivity index (χ1v) is 6.36. The van der Waals surface area contributed by atoms with Crippen molar-refractivity contribution in [3.63, 3.8) is 0 Å². The van der Waals surface area contributed by atoms with Crippen LogP contribution in [0.5, 0.6) is 5.75 Å². The molecule has 1 aromatic carbocycles. The van der Waals surface area contributed by atoms with Gasteiger partial charge in [-0.25, -0.2) is 9.59 Å². The Kier molecular flexibility index (Phi) is 4.27. The Morgan fingerprint density at radius 3 is 2.76 bits per heavy atom. The van der Waals surface area contributed by atoms with Crippen LogP contribution in [0.3, 0.4) is 0 Å². The minimum atomic E-state index is -1.29. The zero-order valence-corrected chi connectivity index (χ0v) is 11.0. The molecule has 0 aromatic heterocycles. The van der Waals surface area contributed by atoms with Gasteiger partial charge in [0, 0.05) is 24.7 Å². The lowest BCUT2D eigenvalue weighted by Gasteiger charge is -2.12. The zero-order valence-electron chi connectivity index (χ0n) is 11.0. The van der Waals surface area contributed by atoms with E-state index < -0.39 is 12.0 Å². The highest BCUT2D eigenvalue weighted by atomic mass is 16.4. The molecule has 0 spiro atoms. The molecule has 112 valence electrons. The van der Waals surface area contributed by atoms with E-state index in [-0.39, 0.29) is 28.9 Å². The fraction of sp³-hybridized carbons (Fsp3) is 0.308. The molecule has 1 aliphatic rings. The highest BCUT2D eigenvalue weighted by molar-refractivity contribution is 5.95. The Morgan fingerprint density at radius 1 is 1.38 bits per heavy atom. The monoisotopic (exact) mass is 293 g/mol. The second-order valence-electron chi connectivity index (χ2n) is 4.68. The van der Waals surface area contributed by atoms with Gasteiger partial charge in [-0.1, -0.05) is 0 Å². The molecule has 2 rings (SSSR count). The maximum Gasteiger partial charge on any atom is 0.339 e. The number of carbonyl (C=O) groups excluding carboxylic acids is 2. The summed E-state index contributed by atoms with van der Waals surface area (Å²) in [7, 11) is 0. The topological polar surface area (TPSA) is 128 Å². The number of nitrogens with one attached hydrogen (secondary N) is 3. The molecule has 1 fully saturated rings. The second-order valence-corrected chi connectivity index (χ2v) is 4.68. The first-order valence-electron chi connectivity index (χ1n) is 6.36. The van der Waals surface area contributed by atoms with Crippen LogP contribution in [0.1, 0.15) is 23.2 Å². The Hall–Kier alpha value is -2.77. The van der Waals surface area contributed by atoms with Crippen LogP contribution in [0.15, 0.2) is 18.2 Å². The third kappa shape index (κ3) is 3.85. The molecule has 1 aliphatic heterocycles. The van der Waals surface area contributed by atoms with Crippen LogP contribution in [0.25, 0.3) is 0 Å². The predicted octanol–water partition coefficient (Wildman–Crippen LogP) is 0.491. The van der Waals surface area contributed by atoms with Gasteiger partial charge in [0.2, 0.25) is 5.91 Å². The van der Waals surface area contributed by atoms with Gasteiger partial charge in [0.25, 0.3) is 0 Å².